The van der Waals surface area contributed by atoms with Crippen molar-refractivity contribution >= 4 is 29.4 Å². The molecule has 1 atom stereocenters. The number of pyridine rings is 1. The first kappa shape index (κ1) is 25.8. The summed E-state index contributed by atoms with van der Waals surface area (Å²) < 4.78 is 66.6. The Morgan fingerprint density at radius 1 is 1.14 bits per heavy atom. The second-order valence-electron chi connectivity index (χ2n) is 8.41. The van der Waals surface area contributed by atoms with E-state index < -0.39 is 35.3 Å². The van der Waals surface area contributed by atoms with Crippen molar-refractivity contribution in [2.45, 2.75) is 25.6 Å². The zero-order valence-electron chi connectivity index (χ0n) is 19.4. The van der Waals surface area contributed by atoms with Crippen LogP contribution in [0.1, 0.15) is 45.6 Å². The number of aromatic nitrogens is 1. The largest absolute Gasteiger partial charge is 0.417 e. The fourth-order valence-electron chi connectivity index (χ4n) is 3.76. The molecule has 3 aromatic rings. The molecule has 11 heteroatoms. The van der Waals surface area contributed by atoms with Gasteiger partial charge in [0, 0.05) is 18.4 Å². The van der Waals surface area contributed by atoms with Crippen LogP contribution in [0.2, 0.25) is 0 Å². The molecule has 2 aromatic carbocycles. The summed E-state index contributed by atoms with van der Waals surface area (Å²) in [4.78, 5) is 28.2. The van der Waals surface area contributed by atoms with Gasteiger partial charge in [0.25, 0.3) is 5.91 Å². The maximum absolute atomic E-state index is 13.6. The van der Waals surface area contributed by atoms with Crippen LogP contribution in [0.15, 0.2) is 54.7 Å². The average Bonchev–Trinajstić information content (AvgIpc) is 3.22. The molecule has 3 N–H and O–H groups in total. The van der Waals surface area contributed by atoms with Crippen LogP contribution in [0.4, 0.5) is 33.5 Å². The van der Waals surface area contributed by atoms with Crippen LogP contribution >= 0.6 is 0 Å². The summed E-state index contributed by atoms with van der Waals surface area (Å²) in [6.45, 7) is 1.61. The van der Waals surface area contributed by atoms with Crippen molar-refractivity contribution in [2.75, 3.05) is 17.2 Å². The molecule has 2 heterocycles. The first-order valence-electron chi connectivity index (χ1n) is 11.2. The van der Waals surface area contributed by atoms with Gasteiger partial charge < -0.3 is 16.0 Å². The van der Waals surface area contributed by atoms with E-state index in [2.05, 4.69) is 20.9 Å². The van der Waals surface area contributed by atoms with Gasteiger partial charge in [-0.1, -0.05) is 30.4 Å². The van der Waals surface area contributed by atoms with E-state index in [-0.39, 0.29) is 29.4 Å². The molecule has 6 nitrogen and oxygen atoms in total. The molecule has 0 bridgehead atoms. The highest BCUT2D eigenvalue weighted by Crippen LogP contribution is 2.31. The summed E-state index contributed by atoms with van der Waals surface area (Å²) in [5.41, 5.74) is 1.16. The van der Waals surface area contributed by atoms with Gasteiger partial charge in [-0.15, -0.1) is 0 Å². The summed E-state index contributed by atoms with van der Waals surface area (Å²) in [5.74, 6) is -3.23. The number of amides is 2. The van der Waals surface area contributed by atoms with Crippen molar-refractivity contribution < 1.29 is 31.5 Å². The fourth-order valence-corrected chi connectivity index (χ4v) is 3.76. The van der Waals surface area contributed by atoms with Crippen LogP contribution in [0, 0.1) is 11.6 Å². The number of anilines is 2. The number of nitrogens with one attached hydrogen (secondary N) is 3. The van der Waals surface area contributed by atoms with Gasteiger partial charge in [0.2, 0.25) is 5.91 Å². The summed E-state index contributed by atoms with van der Waals surface area (Å²) in [5, 5.41) is 8.07. The number of benzene rings is 2. The maximum Gasteiger partial charge on any atom is 0.417 e. The van der Waals surface area contributed by atoms with E-state index in [1.165, 1.54) is 13.0 Å². The van der Waals surface area contributed by atoms with Crippen molar-refractivity contribution in [1.29, 1.82) is 0 Å². The molecule has 0 aliphatic carbocycles. The fraction of sp³-hybridized carbons (Fsp3) is 0.192. The molecule has 2 amide bonds. The van der Waals surface area contributed by atoms with Gasteiger partial charge in [-0.3, -0.25) is 9.59 Å². The van der Waals surface area contributed by atoms with Crippen LogP contribution in [-0.4, -0.2) is 23.3 Å². The molecule has 0 unspecified atom stereocenters. The van der Waals surface area contributed by atoms with Gasteiger partial charge in [-0.2, -0.15) is 13.2 Å². The Morgan fingerprint density at radius 3 is 2.65 bits per heavy atom. The second kappa shape index (κ2) is 10.4. The van der Waals surface area contributed by atoms with Gasteiger partial charge in [0.15, 0.2) is 11.6 Å². The minimum absolute atomic E-state index is 0.0872. The van der Waals surface area contributed by atoms with Crippen molar-refractivity contribution in [2.24, 2.45) is 0 Å². The Hall–Kier alpha value is -4.28. The predicted octanol–water partition coefficient (Wildman–Crippen LogP) is 5.49. The highest BCUT2D eigenvalue weighted by atomic mass is 19.4. The van der Waals surface area contributed by atoms with Crippen LogP contribution in [0.5, 0.6) is 0 Å². The first-order valence-corrected chi connectivity index (χ1v) is 11.2. The molecule has 0 fully saturated rings. The lowest BCUT2D eigenvalue weighted by Gasteiger charge is -2.17. The quantitative estimate of drug-likeness (QED) is 0.363. The summed E-state index contributed by atoms with van der Waals surface area (Å²) in [7, 11) is 0. The molecule has 1 aromatic heterocycles. The van der Waals surface area contributed by atoms with E-state index in [0.29, 0.717) is 18.7 Å². The van der Waals surface area contributed by atoms with E-state index in [1.54, 1.807) is 18.2 Å². The molecule has 192 valence electrons. The molecule has 4 rings (SSSR count). The zero-order valence-corrected chi connectivity index (χ0v) is 19.4. The van der Waals surface area contributed by atoms with E-state index in [0.717, 1.165) is 28.9 Å². The lowest BCUT2D eigenvalue weighted by Crippen LogP contribution is -2.28. The van der Waals surface area contributed by atoms with E-state index in [4.69, 9.17) is 0 Å². The number of nitrogens with zero attached hydrogens (tertiary/aromatic N) is 1. The SMILES string of the molecule is C[C@H](NC(=O)c1cc(C(F)(F)F)cnc1NC/C=C/c1ccc2c(c1)NC(=O)C2)c1ccc(F)c(F)c1. The number of alkyl halides is 3. The number of halogens is 5. The number of hydrogen-bond acceptors (Lipinski definition) is 4. The van der Waals surface area contributed by atoms with Crippen molar-refractivity contribution in [3.8, 4) is 0 Å². The molecular formula is C26H21F5N4O2. The molecule has 0 saturated carbocycles. The van der Waals surface area contributed by atoms with E-state index in [1.807, 2.05) is 12.1 Å². The maximum atomic E-state index is 13.6. The monoisotopic (exact) mass is 516 g/mol. The Bertz CT molecular complexity index is 1390. The highest BCUT2D eigenvalue weighted by molar-refractivity contribution is 6.00. The third-order valence-electron chi connectivity index (χ3n) is 5.71. The number of carbonyl (C=O) groups excluding carboxylic acids is 2. The van der Waals surface area contributed by atoms with Gasteiger partial charge in [-0.25, -0.2) is 13.8 Å². The number of carbonyl (C=O) groups is 2. The molecule has 0 spiro atoms. The second-order valence-corrected chi connectivity index (χ2v) is 8.41. The normalized spacial score (nSPS) is 13.8. The molecule has 37 heavy (non-hydrogen) atoms. The number of rotatable bonds is 7. The molecular weight excluding hydrogens is 495 g/mol. The van der Waals surface area contributed by atoms with Crippen molar-refractivity contribution in [1.82, 2.24) is 10.3 Å². The third kappa shape index (κ3) is 6.11. The van der Waals surface area contributed by atoms with Crippen LogP contribution in [-0.2, 0) is 17.4 Å². The van der Waals surface area contributed by atoms with Crippen molar-refractivity contribution in [3.05, 3.63) is 94.2 Å². The minimum atomic E-state index is -4.73. The standard InChI is InChI=1S/C26H21F5N4O2/c1-14(16-6-7-20(27)21(28)10-16)34-25(37)19-12-18(26(29,30)31)13-33-24(19)32-8-2-3-15-4-5-17-11-23(36)35-22(17)9-15/h2-7,9-10,12-14H,8,11H2,1H3,(H,32,33)(H,34,37)(H,35,36)/b3-2+/t14-/m0/s1. The van der Waals surface area contributed by atoms with E-state index >= 15 is 0 Å². The zero-order chi connectivity index (χ0) is 26.7. The Labute approximate surface area is 208 Å². The first-order chi connectivity index (χ1) is 17.5. The Kier molecular flexibility index (Phi) is 7.23. The van der Waals surface area contributed by atoms with Crippen LogP contribution < -0.4 is 16.0 Å². The molecule has 0 radical (unpaired) electrons. The van der Waals surface area contributed by atoms with Crippen LogP contribution in [0.3, 0.4) is 0 Å². The summed E-state index contributed by atoms with van der Waals surface area (Å²) in [6.07, 6.45) is -0.365. The van der Waals surface area contributed by atoms with Gasteiger partial charge in [-0.05, 0) is 47.9 Å². The van der Waals surface area contributed by atoms with Gasteiger partial charge in [0.1, 0.15) is 5.82 Å². The lowest BCUT2D eigenvalue weighted by molar-refractivity contribution is -0.137. The van der Waals surface area contributed by atoms with E-state index in [9.17, 15) is 31.5 Å². The summed E-state index contributed by atoms with van der Waals surface area (Å²) >= 11 is 0. The highest BCUT2D eigenvalue weighted by Gasteiger charge is 2.32. The number of hydrogen-bond donors (Lipinski definition) is 3. The molecule has 0 saturated heterocycles. The topological polar surface area (TPSA) is 83.1 Å². The molecule has 1 aliphatic heterocycles. The smallest absolute Gasteiger partial charge is 0.366 e. The summed E-state index contributed by atoms with van der Waals surface area (Å²) in [6, 6.07) is 8.36. The van der Waals surface area contributed by atoms with Gasteiger partial charge in [0.05, 0.1) is 23.6 Å². The predicted molar refractivity (Wildman–Crippen MR) is 128 cm³/mol. The average molecular weight is 516 g/mol. The molecule has 1 aliphatic rings. The van der Waals surface area contributed by atoms with Crippen molar-refractivity contribution in [3.63, 3.8) is 0 Å². The Balaban J connectivity index is 1.49. The third-order valence-corrected chi connectivity index (χ3v) is 5.71. The minimum Gasteiger partial charge on any atom is -0.366 e. The number of fused-ring (bicyclic) bond motifs is 1. The Morgan fingerprint density at radius 2 is 1.92 bits per heavy atom. The lowest BCUT2D eigenvalue weighted by atomic mass is 10.1. The van der Waals surface area contributed by atoms with Gasteiger partial charge >= 0.3 is 6.18 Å². The van der Waals surface area contributed by atoms with Crippen LogP contribution in [0.25, 0.3) is 6.08 Å².